The van der Waals surface area contributed by atoms with Crippen molar-refractivity contribution in [2.75, 3.05) is 50.0 Å². The van der Waals surface area contributed by atoms with Crippen LogP contribution in [0.15, 0.2) is 6.33 Å². The zero-order chi connectivity index (χ0) is 13.7. The molecule has 0 unspecified atom stereocenters. The van der Waals surface area contributed by atoms with Crippen LogP contribution in [0.4, 0.5) is 11.6 Å². The predicted molar refractivity (Wildman–Crippen MR) is 79.9 cm³/mol. The van der Waals surface area contributed by atoms with Crippen LogP contribution in [0.5, 0.6) is 0 Å². The van der Waals surface area contributed by atoms with Gasteiger partial charge in [0.15, 0.2) is 0 Å². The minimum atomic E-state index is 0.958. The third kappa shape index (κ3) is 3.56. The standard InChI is InChI=1S/C14H25N5/c1-4-6-15-13-12(2)14(17-11-16-13)19-8-5-7-18(3)9-10-19/h11H,4-10H2,1-3H3,(H,15,16,17). The SMILES string of the molecule is CCCNc1ncnc(N2CCCN(C)CC2)c1C. The fourth-order valence-electron chi connectivity index (χ4n) is 2.44. The summed E-state index contributed by atoms with van der Waals surface area (Å²) < 4.78 is 0. The molecule has 106 valence electrons. The highest BCUT2D eigenvalue weighted by molar-refractivity contribution is 5.57. The van der Waals surface area contributed by atoms with E-state index < -0.39 is 0 Å². The van der Waals surface area contributed by atoms with Gasteiger partial charge in [-0.15, -0.1) is 0 Å². The Morgan fingerprint density at radius 2 is 2.05 bits per heavy atom. The Hall–Kier alpha value is -1.36. The largest absolute Gasteiger partial charge is 0.370 e. The lowest BCUT2D eigenvalue weighted by Gasteiger charge is -2.24. The highest BCUT2D eigenvalue weighted by Crippen LogP contribution is 2.23. The van der Waals surface area contributed by atoms with Gasteiger partial charge in [-0.05, 0) is 33.4 Å². The van der Waals surface area contributed by atoms with E-state index in [4.69, 9.17) is 0 Å². The monoisotopic (exact) mass is 263 g/mol. The third-order valence-corrected chi connectivity index (χ3v) is 3.62. The first kappa shape index (κ1) is 14.1. The van der Waals surface area contributed by atoms with Crippen LogP contribution in [-0.2, 0) is 0 Å². The van der Waals surface area contributed by atoms with Gasteiger partial charge in [0.05, 0.1) is 0 Å². The van der Waals surface area contributed by atoms with E-state index in [0.29, 0.717) is 0 Å². The van der Waals surface area contributed by atoms with Gasteiger partial charge in [-0.3, -0.25) is 0 Å². The first-order valence-corrected chi connectivity index (χ1v) is 7.21. The van der Waals surface area contributed by atoms with E-state index in [0.717, 1.165) is 44.2 Å². The van der Waals surface area contributed by atoms with Gasteiger partial charge in [-0.1, -0.05) is 6.92 Å². The number of nitrogens with one attached hydrogen (secondary N) is 1. The van der Waals surface area contributed by atoms with Gasteiger partial charge in [-0.2, -0.15) is 0 Å². The molecule has 5 nitrogen and oxygen atoms in total. The van der Waals surface area contributed by atoms with E-state index in [9.17, 15) is 0 Å². The molecule has 1 fully saturated rings. The van der Waals surface area contributed by atoms with Crippen LogP contribution in [0.2, 0.25) is 0 Å². The van der Waals surface area contributed by atoms with E-state index in [-0.39, 0.29) is 0 Å². The molecule has 1 aliphatic rings. The van der Waals surface area contributed by atoms with E-state index in [1.54, 1.807) is 6.33 Å². The minimum Gasteiger partial charge on any atom is -0.370 e. The van der Waals surface area contributed by atoms with E-state index >= 15 is 0 Å². The molecule has 1 aliphatic heterocycles. The molecule has 1 saturated heterocycles. The average Bonchev–Trinajstić information content (AvgIpc) is 2.62. The molecule has 0 amide bonds. The highest BCUT2D eigenvalue weighted by Gasteiger charge is 2.17. The highest BCUT2D eigenvalue weighted by atomic mass is 15.2. The second-order valence-electron chi connectivity index (χ2n) is 5.24. The summed E-state index contributed by atoms with van der Waals surface area (Å²) in [5, 5.41) is 3.38. The molecular formula is C14H25N5. The molecule has 0 aliphatic carbocycles. The van der Waals surface area contributed by atoms with Crippen molar-refractivity contribution in [1.82, 2.24) is 14.9 Å². The predicted octanol–water partition coefficient (Wildman–Crippen LogP) is 1.75. The molecule has 0 saturated carbocycles. The first-order valence-electron chi connectivity index (χ1n) is 7.21. The minimum absolute atomic E-state index is 0.958. The van der Waals surface area contributed by atoms with Crippen molar-refractivity contribution in [3.05, 3.63) is 11.9 Å². The molecule has 0 spiro atoms. The molecule has 0 aromatic carbocycles. The topological polar surface area (TPSA) is 44.3 Å². The normalized spacial score (nSPS) is 17.3. The van der Waals surface area contributed by atoms with Crippen molar-refractivity contribution in [1.29, 1.82) is 0 Å². The Labute approximate surface area is 116 Å². The zero-order valence-corrected chi connectivity index (χ0v) is 12.3. The maximum Gasteiger partial charge on any atom is 0.137 e. The summed E-state index contributed by atoms with van der Waals surface area (Å²) in [6, 6.07) is 0. The van der Waals surface area contributed by atoms with Crippen LogP contribution in [0.25, 0.3) is 0 Å². The first-order chi connectivity index (χ1) is 9.22. The van der Waals surface area contributed by atoms with E-state index in [1.165, 1.54) is 18.5 Å². The van der Waals surface area contributed by atoms with Crippen molar-refractivity contribution >= 4 is 11.6 Å². The van der Waals surface area contributed by atoms with Crippen LogP contribution in [0, 0.1) is 6.92 Å². The Balaban J connectivity index is 2.14. The van der Waals surface area contributed by atoms with Gasteiger partial charge < -0.3 is 15.1 Å². The second-order valence-corrected chi connectivity index (χ2v) is 5.24. The molecule has 0 radical (unpaired) electrons. The van der Waals surface area contributed by atoms with Crippen LogP contribution in [0.3, 0.4) is 0 Å². The molecule has 5 heteroatoms. The van der Waals surface area contributed by atoms with Gasteiger partial charge in [0.2, 0.25) is 0 Å². The number of nitrogens with zero attached hydrogens (tertiary/aromatic N) is 4. The quantitative estimate of drug-likeness (QED) is 0.896. The molecule has 2 rings (SSSR count). The van der Waals surface area contributed by atoms with E-state index in [2.05, 4.69) is 46.0 Å². The molecule has 1 N–H and O–H groups in total. The van der Waals surface area contributed by atoms with Crippen molar-refractivity contribution in [2.24, 2.45) is 0 Å². The Kier molecular flexibility index (Phi) is 4.96. The molecule has 1 aromatic rings. The smallest absolute Gasteiger partial charge is 0.137 e. The van der Waals surface area contributed by atoms with Gasteiger partial charge >= 0.3 is 0 Å². The van der Waals surface area contributed by atoms with Gasteiger partial charge in [-0.25, -0.2) is 9.97 Å². The Bertz CT molecular complexity index is 407. The van der Waals surface area contributed by atoms with Gasteiger partial charge in [0.25, 0.3) is 0 Å². The zero-order valence-electron chi connectivity index (χ0n) is 12.3. The number of hydrogen-bond acceptors (Lipinski definition) is 5. The number of hydrogen-bond donors (Lipinski definition) is 1. The lowest BCUT2D eigenvalue weighted by molar-refractivity contribution is 0.360. The molecule has 1 aromatic heterocycles. The van der Waals surface area contributed by atoms with Crippen molar-refractivity contribution in [2.45, 2.75) is 26.7 Å². The van der Waals surface area contributed by atoms with Crippen LogP contribution >= 0.6 is 0 Å². The lowest BCUT2D eigenvalue weighted by Crippen LogP contribution is -2.30. The van der Waals surface area contributed by atoms with Crippen LogP contribution < -0.4 is 10.2 Å². The number of rotatable bonds is 4. The number of aromatic nitrogens is 2. The summed E-state index contributed by atoms with van der Waals surface area (Å²) in [6.45, 7) is 9.62. The van der Waals surface area contributed by atoms with Gasteiger partial charge in [0.1, 0.15) is 18.0 Å². The Morgan fingerprint density at radius 1 is 1.21 bits per heavy atom. The summed E-state index contributed by atoms with van der Waals surface area (Å²) in [4.78, 5) is 13.6. The number of anilines is 2. The molecule has 0 atom stereocenters. The molecule has 19 heavy (non-hydrogen) atoms. The fraction of sp³-hybridized carbons (Fsp3) is 0.714. The Morgan fingerprint density at radius 3 is 2.84 bits per heavy atom. The summed E-state index contributed by atoms with van der Waals surface area (Å²) in [7, 11) is 2.19. The second kappa shape index (κ2) is 6.70. The van der Waals surface area contributed by atoms with Crippen LogP contribution in [0.1, 0.15) is 25.3 Å². The lowest BCUT2D eigenvalue weighted by atomic mass is 10.2. The van der Waals surface area contributed by atoms with Crippen molar-refractivity contribution in [3.8, 4) is 0 Å². The summed E-state index contributed by atoms with van der Waals surface area (Å²) in [6.07, 6.45) is 3.97. The molecule has 2 heterocycles. The summed E-state index contributed by atoms with van der Waals surface area (Å²) in [5.41, 5.74) is 1.17. The summed E-state index contributed by atoms with van der Waals surface area (Å²) >= 11 is 0. The van der Waals surface area contributed by atoms with Crippen LogP contribution in [-0.4, -0.2) is 54.6 Å². The average molecular weight is 263 g/mol. The molecule has 0 bridgehead atoms. The maximum atomic E-state index is 4.49. The van der Waals surface area contributed by atoms with Crippen molar-refractivity contribution < 1.29 is 0 Å². The number of likely N-dealkylation sites (N-methyl/N-ethyl adjacent to an activating group) is 1. The van der Waals surface area contributed by atoms with Gasteiger partial charge in [0, 0.05) is 31.7 Å². The van der Waals surface area contributed by atoms with E-state index in [1.807, 2.05) is 0 Å². The third-order valence-electron chi connectivity index (χ3n) is 3.62. The fourth-order valence-corrected chi connectivity index (χ4v) is 2.44. The van der Waals surface area contributed by atoms with Crippen molar-refractivity contribution in [3.63, 3.8) is 0 Å². The summed E-state index contributed by atoms with van der Waals surface area (Å²) in [5.74, 6) is 2.06. The maximum absolute atomic E-state index is 4.49. The molecular weight excluding hydrogens is 238 g/mol.